The summed E-state index contributed by atoms with van der Waals surface area (Å²) in [5.74, 6) is 0.644. The quantitative estimate of drug-likeness (QED) is 0.759. The summed E-state index contributed by atoms with van der Waals surface area (Å²) < 4.78 is 0. The number of rotatable bonds is 5. The molecule has 0 saturated carbocycles. The molecule has 0 fully saturated rings. The lowest BCUT2D eigenvalue weighted by Gasteiger charge is -2.23. The minimum absolute atomic E-state index is 0.205. The molecule has 0 spiro atoms. The summed E-state index contributed by atoms with van der Waals surface area (Å²) in [6.45, 7) is 0.561. The molecule has 1 aliphatic heterocycles. The van der Waals surface area contributed by atoms with Crippen LogP contribution in [0.15, 0.2) is 72.1 Å². The summed E-state index contributed by atoms with van der Waals surface area (Å²) in [4.78, 5) is 4.10. The van der Waals surface area contributed by atoms with Gasteiger partial charge in [0.1, 0.15) is 13.0 Å². The van der Waals surface area contributed by atoms with Crippen molar-refractivity contribution in [2.45, 2.75) is 12.5 Å². The molecule has 0 radical (unpaired) electrons. The van der Waals surface area contributed by atoms with Gasteiger partial charge >= 0.3 is 0 Å². The average Bonchev–Trinajstić information content (AvgIpc) is 3.31. The molecule has 0 bridgehead atoms. The summed E-state index contributed by atoms with van der Waals surface area (Å²) in [6, 6.07) is 21.0. The standard InChI is InChI=1S/C18H18N6/c1-3-7-14(8-4-1)16-11-17(15-9-5-2-6-10-15)24(23-16)13-20-18-19-12-21-22-18/h1-10,12,17H,11,13H2,(H2,19,20,21,22)/t17-/m0/s1. The fourth-order valence-electron chi connectivity index (χ4n) is 2.92. The highest BCUT2D eigenvalue weighted by Crippen LogP contribution is 2.32. The average molecular weight is 318 g/mol. The van der Waals surface area contributed by atoms with Crippen molar-refractivity contribution in [1.82, 2.24) is 20.2 Å². The van der Waals surface area contributed by atoms with E-state index < -0.39 is 0 Å². The van der Waals surface area contributed by atoms with E-state index in [2.05, 4.69) is 61.9 Å². The van der Waals surface area contributed by atoms with Gasteiger partial charge in [0, 0.05) is 6.42 Å². The Morgan fingerprint density at radius 1 is 1.04 bits per heavy atom. The number of aromatic amines is 1. The molecule has 6 heteroatoms. The smallest absolute Gasteiger partial charge is 0.219 e. The number of aromatic nitrogens is 3. The molecule has 6 nitrogen and oxygen atoms in total. The van der Waals surface area contributed by atoms with Gasteiger partial charge in [-0.2, -0.15) is 10.2 Å². The van der Waals surface area contributed by atoms with Crippen molar-refractivity contribution in [3.05, 3.63) is 78.1 Å². The van der Waals surface area contributed by atoms with Gasteiger partial charge in [0.15, 0.2) is 0 Å². The fourth-order valence-corrected chi connectivity index (χ4v) is 2.92. The first-order chi connectivity index (χ1) is 11.9. The second-order valence-corrected chi connectivity index (χ2v) is 5.65. The number of nitrogens with zero attached hydrogens (tertiary/aromatic N) is 4. The Bertz CT molecular complexity index is 798. The minimum Gasteiger partial charge on any atom is -0.336 e. The van der Waals surface area contributed by atoms with Gasteiger partial charge in [0.25, 0.3) is 0 Å². The first-order valence-corrected chi connectivity index (χ1v) is 7.94. The van der Waals surface area contributed by atoms with Gasteiger partial charge in [-0.3, -0.25) is 5.01 Å². The van der Waals surface area contributed by atoms with E-state index in [-0.39, 0.29) is 6.04 Å². The number of anilines is 1. The lowest BCUT2D eigenvalue weighted by atomic mass is 9.99. The van der Waals surface area contributed by atoms with E-state index in [0.29, 0.717) is 12.6 Å². The number of hydrogen-bond donors (Lipinski definition) is 2. The van der Waals surface area contributed by atoms with E-state index in [1.165, 1.54) is 17.5 Å². The maximum Gasteiger partial charge on any atom is 0.219 e. The third-order valence-corrected chi connectivity index (χ3v) is 4.11. The summed E-state index contributed by atoms with van der Waals surface area (Å²) in [5.41, 5.74) is 3.52. The molecule has 0 aliphatic carbocycles. The first-order valence-electron chi connectivity index (χ1n) is 7.94. The van der Waals surface area contributed by atoms with Gasteiger partial charge in [0.05, 0.1) is 11.8 Å². The van der Waals surface area contributed by atoms with Gasteiger partial charge in [-0.15, -0.1) is 0 Å². The van der Waals surface area contributed by atoms with Gasteiger partial charge in [0.2, 0.25) is 5.95 Å². The molecule has 3 aromatic rings. The van der Waals surface area contributed by atoms with Crippen LogP contribution in [-0.2, 0) is 0 Å². The van der Waals surface area contributed by atoms with E-state index in [0.717, 1.165) is 12.1 Å². The van der Waals surface area contributed by atoms with Crippen molar-refractivity contribution in [2.24, 2.45) is 5.10 Å². The first kappa shape index (κ1) is 14.4. The molecule has 0 unspecified atom stereocenters. The minimum atomic E-state index is 0.205. The molecular weight excluding hydrogens is 300 g/mol. The molecule has 1 atom stereocenters. The van der Waals surface area contributed by atoms with Crippen LogP contribution < -0.4 is 5.32 Å². The molecule has 2 N–H and O–H groups in total. The Kier molecular flexibility index (Phi) is 3.93. The molecule has 2 heterocycles. The summed E-state index contributed by atoms with van der Waals surface area (Å²) >= 11 is 0. The molecule has 120 valence electrons. The van der Waals surface area contributed by atoms with Crippen LogP contribution in [0.5, 0.6) is 0 Å². The lowest BCUT2D eigenvalue weighted by molar-refractivity contribution is 0.250. The molecular formula is C18H18N6. The summed E-state index contributed by atoms with van der Waals surface area (Å²) in [6.07, 6.45) is 2.37. The number of hydrogen-bond acceptors (Lipinski definition) is 5. The zero-order chi connectivity index (χ0) is 16.2. The highest BCUT2D eigenvalue weighted by atomic mass is 15.5. The highest BCUT2D eigenvalue weighted by Gasteiger charge is 2.28. The van der Waals surface area contributed by atoms with Gasteiger partial charge in [-0.05, 0) is 11.1 Å². The highest BCUT2D eigenvalue weighted by molar-refractivity contribution is 6.01. The maximum atomic E-state index is 4.84. The fraction of sp³-hybridized carbons (Fsp3) is 0.167. The van der Waals surface area contributed by atoms with E-state index in [4.69, 9.17) is 5.10 Å². The molecule has 1 aromatic heterocycles. The van der Waals surface area contributed by atoms with E-state index >= 15 is 0 Å². The predicted molar refractivity (Wildman–Crippen MR) is 93.5 cm³/mol. The Morgan fingerprint density at radius 2 is 1.79 bits per heavy atom. The van der Waals surface area contributed by atoms with E-state index in [1.54, 1.807) is 0 Å². The van der Waals surface area contributed by atoms with Crippen LogP contribution in [0, 0.1) is 0 Å². The van der Waals surface area contributed by atoms with Crippen molar-refractivity contribution in [3.8, 4) is 0 Å². The van der Waals surface area contributed by atoms with Crippen LogP contribution in [-0.4, -0.2) is 32.6 Å². The SMILES string of the molecule is c1ccc(C2=NN(CNc3ncn[nH]3)[C@H](c3ccccc3)C2)cc1. The molecule has 1 aliphatic rings. The molecule has 4 rings (SSSR count). The molecule has 0 saturated heterocycles. The Morgan fingerprint density at radius 3 is 2.50 bits per heavy atom. The van der Waals surface area contributed by atoms with Crippen LogP contribution in [0.3, 0.4) is 0 Å². The third-order valence-electron chi connectivity index (χ3n) is 4.11. The van der Waals surface area contributed by atoms with Crippen molar-refractivity contribution in [1.29, 1.82) is 0 Å². The van der Waals surface area contributed by atoms with Gasteiger partial charge in [-0.25, -0.2) is 10.1 Å². The van der Waals surface area contributed by atoms with E-state index in [1.807, 2.05) is 24.3 Å². The van der Waals surface area contributed by atoms with Crippen molar-refractivity contribution < 1.29 is 0 Å². The molecule has 2 aromatic carbocycles. The molecule has 24 heavy (non-hydrogen) atoms. The van der Waals surface area contributed by atoms with Crippen LogP contribution in [0.25, 0.3) is 0 Å². The second kappa shape index (κ2) is 6.54. The Hall–Kier alpha value is -3.15. The number of hydrazone groups is 1. The third kappa shape index (κ3) is 2.99. The monoisotopic (exact) mass is 318 g/mol. The zero-order valence-electron chi connectivity index (χ0n) is 13.1. The number of nitrogens with one attached hydrogen (secondary N) is 2. The predicted octanol–water partition coefficient (Wildman–Crippen LogP) is 3.03. The topological polar surface area (TPSA) is 69.2 Å². The Labute approximate surface area is 140 Å². The summed E-state index contributed by atoms with van der Waals surface area (Å²) in [7, 11) is 0. The van der Waals surface area contributed by atoms with Gasteiger partial charge < -0.3 is 5.32 Å². The largest absolute Gasteiger partial charge is 0.336 e. The van der Waals surface area contributed by atoms with E-state index in [9.17, 15) is 0 Å². The number of H-pyrrole nitrogens is 1. The summed E-state index contributed by atoms with van der Waals surface area (Å²) in [5, 5.41) is 16.8. The van der Waals surface area contributed by atoms with Crippen molar-refractivity contribution in [2.75, 3.05) is 12.0 Å². The van der Waals surface area contributed by atoms with Crippen LogP contribution >= 0.6 is 0 Å². The van der Waals surface area contributed by atoms with Crippen molar-refractivity contribution >= 4 is 11.7 Å². The number of benzene rings is 2. The zero-order valence-corrected chi connectivity index (χ0v) is 13.1. The maximum absolute atomic E-state index is 4.84. The van der Waals surface area contributed by atoms with Crippen molar-refractivity contribution in [3.63, 3.8) is 0 Å². The van der Waals surface area contributed by atoms with Crippen LogP contribution in [0.1, 0.15) is 23.6 Å². The Balaban J connectivity index is 1.58. The van der Waals surface area contributed by atoms with Crippen LogP contribution in [0.4, 0.5) is 5.95 Å². The molecule has 0 amide bonds. The normalized spacial score (nSPS) is 16.9. The van der Waals surface area contributed by atoms with Gasteiger partial charge in [-0.1, -0.05) is 60.7 Å². The van der Waals surface area contributed by atoms with Crippen LogP contribution in [0.2, 0.25) is 0 Å². The lowest BCUT2D eigenvalue weighted by Crippen LogP contribution is -2.26. The second-order valence-electron chi connectivity index (χ2n) is 5.65.